The minimum Gasteiger partial charge on any atom is -0.346 e. The van der Waals surface area contributed by atoms with Gasteiger partial charge < -0.3 is 9.80 Å². The number of amides is 3. The Kier molecular flexibility index (Phi) is 8.07. The summed E-state index contributed by atoms with van der Waals surface area (Å²) in [4.78, 5) is 46.1. The Morgan fingerprint density at radius 2 is 1.74 bits per heavy atom. The summed E-state index contributed by atoms with van der Waals surface area (Å²) < 4.78 is 0. The molecule has 6 heteroatoms. The topological polar surface area (TPSA) is 60.9 Å². The summed E-state index contributed by atoms with van der Waals surface area (Å²) in [6, 6.07) is 9.94. The summed E-state index contributed by atoms with van der Waals surface area (Å²) in [7, 11) is 1.83. The third kappa shape index (κ3) is 5.37. The van der Waals surface area contributed by atoms with Crippen molar-refractivity contribution in [2.45, 2.75) is 82.6 Å². The van der Waals surface area contributed by atoms with Gasteiger partial charge in [0.1, 0.15) is 0 Å². The largest absolute Gasteiger partial charge is 0.346 e. The molecule has 1 saturated carbocycles. The summed E-state index contributed by atoms with van der Waals surface area (Å²) in [5, 5.41) is 0. The van der Waals surface area contributed by atoms with Gasteiger partial charge in [0.25, 0.3) is 0 Å². The first-order valence-corrected chi connectivity index (χ1v) is 13.3. The van der Waals surface area contributed by atoms with Crippen molar-refractivity contribution in [2.24, 2.45) is 5.92 Å². The van der Waals surface area contributed by atoms with Crippen LogP contribution in [0.2, 0.25) is 0 Å². The number of likely N-dealkylation sites (tertiary alicyclic amines) is 2. The molecule has 6 nitrogen and oxygen atoms in total. The number of nitrogens with zero attached hydrogens (tertiary/aromatic N) is 3. The number of hydrogen-bond donors (Lipinski definition) is 0. The summed E-state index contributed by atoms with van der Waals surface area (Å²) in [5.41, 5.74) is -0.300. The zero-order valence-electron chi connectivity index (χ0n) is 21.0. The lowest BCUT2D eigenvalue weighted by atomic mass is 9.75. The molecule has 1 aliphatic carbocycles. The zero-order valence-corrected chi connectivity index (χ0v) is 21.0. The number of imide groups is 1. The molecule has 2 saturated heterocycles. The molecule has 0 N–H and O–H groups in total. The van der Waals surface area contributed by atoms with Gasteiger partial charge in [0, 0.05) is 39.0 Å². The van der Waals surface area contributed by atoms with Gasteiger partial charge in [-0.05, 0) is 63.6 Å². The van der Waals surface area contributed by atoms with Crippen molar-refractivity contribution >= 4 is 17.7 Å². The molecule has 1 aromatic rings. The maximum Gasteiger partial charge on any atom is 0.240 e. The van der Waals surface area contributed by atoms with E-state index in [-0.39, 0.29) is 30.6 Å². The van der Waals surface area contributed by atoms with E-state index < -0.39 is 5.41 Å². The summed E-state index contributed by atoms with van der Waals surface area (Å²) in [5.74, 6) is 0.0239. The van der Waals surface area contributed by atoms with Crippen LogP contribution < -0.4 is 0 Å². The van der Waals surface area contributed by atoms with E-state index in [0.29, 0.717) is 25.0 Å². The van der Waals surface area contributed by atoms with Gasteiger partial charge in [0.2, 0.25) is 17.7 Å². The van der Waals surface area contributed by atoms with Gasteiger partial charge >= 0.3 is 0 Å². The van der Waals surface area contributed by atoms with Crippen LogP contribution in [-0.4, -0.2) is 71.7 Å². The van der Waals surface area contributed by atoms with Crippen molar-refractivity contribution < 1.29 is 14.4 Å². The summed E-state index contributed by atoms with van der Waals surface area (Å²) in [6.45, 7) is 5.68. The Bertz CT molecular complexity index is 861. The van der Waals surface area contributed by atoms with Crippen molar-refractivity contribution in [3.63, 3.8) is 0 Å². The van der Waals surface area contributed by atoms with Crippen LogP contribution >= 0.6 is 0 Å². The van der Waals surface area contributed by atoms with Crippen LogP contribution in [0.15, 0.2) is 30.3 Å². The lowest BCUT2D eigenvalue weighted by Gasteiger charge is -2.31. The third-order valence-electron chi connectivity index (χ3n) is 8.43. The molecule has 0 spiro atoms. The Balaban J connectivity index is 1.47. The predicted octanol–water partition coefficient (Wildman–Crippen LogP) is 3.99. The summed E-state index contributed by atoms with van der Waals surface area (Å²) >= 11 is 0. The average molecular weight is 468 g/mol. The molecule has 3 fully saturated rings. The highest BCUT2D eigenvalue weighted by Crippen LogP contribution is 2.41. The van der Waals surface area contributed by atoms with Crippen LogP contribution in [-0.2, 0) is 19.8 Å². The Morgan fingerprint density at radius 1 is 1.06 bits per heavy atom. The zero-order chi connectivity index (χ0) is 24.1. The number of rotatable bonds is 9. The van der Waals surface area contributed by atoms with Gasteiger partial charge in [0.05, 0.1) is 5.41 Å². The smallest absolute Gasteiger partial charge is 0.240 e. The first-order valence-electron chi connectivity index (χ1n) is 13.3. The highest BCUT2D eigenvalue weighted by Gasteiger charge is 2.54. The van der Waals surface area contributed by atoms with Crippen LogP contribution in [0.25, 0.3) is 0 Å². The molecule has 0 unspecified atom stereocenters. The highest BCUT2D eigenvalue weighted by molar-refractivity contribution is 6.10. The van der Waals surface area contributed by atoms with Gasteiger partial charge in [-0.25, -0.2) is 0 Å². The number of carbonyl (C=O) groups excluding carboxylic acids is 3. The first-order chi connectivity index (χ1) is 16.4. The molecule has 4 rings (SSSR count). The molecule has 3 aliphatic rings. The summed E-state index contributed by atoms with van der Waals surface area (Å²) in [6.07, 6.45) is 9.30. The lowest BCUT2D eigenvalue weighted by molar-refractivity contribution is -0.143. The van der Waals surface area contributed by atoms with E-state index in [1.807, 2.05) is 37.4 Å². The fraction of sp³-hybridized carbons (Fsp3) is 0.679. The Labute approximate surface area is 204 Å². The Hall–Kier alpha value is -2.21. The van der Waals surface area contributed by atoms with E-state index in [1.54, 1.807) is 4.90 Å². The van der Waals surface area contributed by atoms with Crippen LogP contribution in [0.4, 0.5) is 0 Å². The third-order valence-corrected chi connectivity index (χ3v) is 8.43. The van der Waals surface area contributed by atoms with E-state index >= 15 is 0 Å². The van der Waals surface area contributed by atoms with Crippen molar-refractivity contribution in [1.82, 2.24) is 14.7 Å². The fourth-order valence-electron chi connectivity index (χ4n) is 6.10. The lowest BCUT2D eigenvalue weighted by Crippen LogP contribution is -2.44. The SMILES string of the molecule is C[C@H](CCN(C)C(=O)C[C@@]1(c2ccccc2)CC(=O)N(CC2CCCCC2)C1=O)N1CCCC1. The maximum absolute atomic E-state index is 13.8. The number of benzene rings is 1. The first kappa shape index (κ1) is 24.9. The predicted molar refractivity (Wildman–Crippen MR) is 133 cm³/mol. The molecule has 186 valence electrons. The number of carbonyl (C=O) groups is 3. The molecule has 2 aliphatic heterocycles. The Morgan fingerprint density at radius 3 is 2.41 bits per heavy atom. The minimum absolute atomic E-state index is 0.0529. The number of hydrogen-bond acceptors (Lipinski definition) is 4. The fourth-order valence-corrected chi connectivity index (χ4v) is 6.10. The van der Waals surface area contributed by atoms with Gasteiger partial charge in [-0.1, -0.05) is 49.6 Å². The van der Waals surface area contributed by atoms with Crippen LogP contribution in [0, 0.1) is 5.92 Å². The van der Waals surface area contributed by atoms with E-state index in [4.69, 9.17) is 0 Å². The van der Waals surface area contributed by atoms with Crippen LogP contribution in [0.3, 0.4) is 0 Å². The molecule has 0 bridgehead atoms. The second-order valence-electron chi connectivity index (χ2n) is 10.8. The molecular weight excluding hydrogens is 426 g/mol. The van der Waals surface area contributed by atoms with Crippen molar-refractivity contribution in [1.29, 1.82) is 0 Å². The monoisotopic (exact) mass is 467 g/mol. The van der Waals surface area contributed by atoms with Gasteiger partial charge in [-0.3, -0.25) is 19.3 Å². The molecule has 0 aromatic heterocycles. The molecule has 2 heterocycles. The minimum atomic E-state index is -1.08. The second-order valence-corrected chi connectivity index (χ2v) is 10.8. The average Bonchev–Trinajstić information content (AvgIpc) is 3.48. The van der Waals surface area contributed by atoms with E-state index in [1.165, 1.54) is 37.0 Å². The van der Waals surface area contributed by atoms with E-state index in [0.717, 1.165) is 37.9 Å². The van der Waals surface area contributed by atoms with Gasteiger partial charge in [-0.15, -0.1) is 0 Å². The molecule has 2 atom stereocenters. The molecule has 34 heavy (non-hydrogen) atoms. The van der Waals surface area contributed by atoms with Crippen LogP contribution in [0.1, 0.15) is 76.7 Å². The van der Waals surface area contributed by atoms with Crippen LogP contribution in [0.5, 0.6) is 0 Å². The molecule has 0 radical (unpaired) electrons. The molecule has 3 amide bonds. The molecule has 1 aromatic carbocycles. The quantitative estimate of drug-likeness (QED) is 0.516. The van der Waals surface area contributed by atoms with Gasteiger partial charge in [-0.2, -0.15) is 0 Å². The normalized spacial score (nSPS) is 25.2. The highest BCUT2D eigenvalue weighted by atomic mass is 16.2. The second kappa shape index (κ2) is 11.0. The van der Waals surface area contributed by atoms with Crippen molar-refractivity contribution in [3.05, 3.63) is 35.9 Å². The van der Waals surface area contributed by atoms with E-state index in [2.05, 4.69) is 11.8 Å². The molecular formula is C28H41N3O3. The maximum atomic E-state index is 13.8. The van der Waals surface area contributed by atoms with Crippen molar-refractivity contribution in [3.8, 4) is 0 Å². The van der Waals surface area contributed by atoms with Gasteiger partial charge in [0.15, 0.2) is 0 Å². The van der Waals surface area contributed by atoms with Crippen molar-refractivity contribution in [2.75, 3.05) is 33.2 Å². The van der Waals surface area contributed by atoms with E-state index in [9.17, 15) is 14.4 Å². The standard InChI is InChI=1S/C28H41N3O3/c1-22(30-16-9-10-17-30)15-18-29(2)25(32)19-28(24-13-7-4-8-14-24)20-26(33)31(27(28)34)21-23-11-5-3-6-12-23/h4,7-8,13-14,22-23H,3,5-6,9-12,15-21H2,1-2H3/t22-,28+/m1/s1.